The average molecular weight is 695 g/mol. The topological polar surface area (TPSA) is 13.0 Å². The molecule has 0 unspecified atom stereocenters. The van der Waals surface area contributed by atoms with E-state index in [9.17, 15) is 0 Å². The maximum atomic E-state index is 2.89. The molecule has 0 aromatic rings. The van der Waals surface area contributed by atoms with E-state index in [4.69, 9.17) is 0 Å². The Balaban J connectivity index is 1.57. The lowest BCUT2D eigenvalue weighted by atomic mass is 9.98. The van der Waals surface area contributed by atoms with Crippen LogP contribution in [0, 0.1) is 0 Å². The predicted molar refractivity (Wildman–Crippen MR) is 224 cm³/mol. The Morgan fingerprint density at radius 3 is 1.12 bits per heavy atom. The third-order valence-corrected chi connectivity index (χ3v) is 11.2. The number of piperazine rings is 2. The summed E-state index contributed by atoms with van der Waals surface area (Å²) in [5.41, 5.74) is 0. The van der Waals surface area contributed by atoms with Crippen LogP contribution in [0.1, 0.15) is 181 Å². The van der Waals surface area contributed by atoms with E-state index < -0.39 is 0 Å². The van der Waals surface area contributed by atoms with Gasteiger partial charge < -0.3 is 4.90 Å². The summed E-state index contributed by atoms with van der Waals surface area (Å²) in [7, 11) is 2.27. The van der Waals surface area contributed by atoms with E-state index in [1.807, 2.05) is 0 Å². The van der Waals surface area contributed by atoms with Crippen LogP contribution in [0.2, 0.25) is 0 Å². The molecular weight excluding hydrogens is 609 g/mol. The van der Waals surface area contributed by atoms with Crippen molar-refractivity contribution in [2.75, 3.05) is 59.4 Å². The van der Waals surface area contributed by atoms with Gasteiger partial charge in [0.15, 0.2) is 0 Å². The number of nitrogens with zero attached hydrogens (tertiary/aromatic N) is 4. The molecule has 50 heavy (non-hydrogen) atoms. The summed E-state index contributed by atoms with van der Waals surface area (Å²) < 4.78 is 0. The van der Waals surface area contributed by atoms with Gasteiger partial charge in [-0.25, -0.2) is 10.0 Å². The SMILES string of the molecule is CCCCC/C=C\C/C=C\CCCCCCCCC(CCCCCCCC/C=C\C/C=C\CCCCC)N1CCN(N2CCN(C)CC2)CC1. The molecule has 2 aliphatic heterocycles. The third-order valence-electron chi connectivity index (χ3n) is 11.2. The van der Waals surface area contributed by atoms with Crippen LogP contribution >= 0.6 is 0 Å². The molecule has 2 heterocycles. The van der Waals surface area contributed by atoms with Crippen molar-refractivity contribution in [1.29, 1.82) is 0 Å². The van der Waals surface area contributed by atoms with Crippen LogP contribution in [0.5, 0.6) is 0 Å². The molecule has 0 bridgehead atoms. The zero-order chi connectivity index (χ0) is 35.6. The van der Waals surface area contributed by atoms with E-state index in [-0.39, 0.29) is 0 Å². The number of hydrogen-bond donors (Lipinski definition) is 0. The molecule has 0 atom stereocenters. The lowest BCUT2D eigenvalue weighted by Crippen LogP contribution is -2.59. The van der Waals surface area contributed by atoms with Crippen molar-refractivity contribution in [1.82, 2.24) is 19.8 Å². The van der Waals surface area contributed by atoms with E-state index in [1.165, 1.54) is 206 Å². The smallest absolute Gasteiger partial charge is 0.0261 e. The summed E-state index contributed by atoms with van der Waals surface area (Å²) >= 11 is 0. The van der Waals surface area contributed by atoms with Crippen LogP contribution in [0.15, 0.2) is 48.6 Å². The van der Waals surface area contributed by atoms with Gasteiger partial charge in [0.2, 0.25) is 0 Å². The highest BCUT2D eigenvalue weighted by atomic mass is 15.6. The maximum absolute atomic E-state index is 2.89. The van der Waals surface area contributed by atoms with Crippen molar-refractivity contribution >= 4 is 0 Å². The van der Waals surface area contributed by atoms with Crippen molar-refractivity contribution < 1.29 is 0 Å². The fraction of sp³-hybridized carbons (Fsp3) is 0.826. The van der Waals surface area contributed by atoms with Gasteiger partial charge >= 0.3 is 0 Å². The first-order chi connectivity index (χ1) is 24.7. The highest BCUT2D eigenvalue weighted by Crippen LogP contribution is 2.21. The molecule has 0 aliphatic carbocycles. The Labute approximate surface area is 313 Å². The Morgan fingerprint density at radius 1 is 0.380 bits per heavy atom. The van der Waals surface area contributed by atoms with Gasteiger partial charge in [0, 0.05) is 58.4 Å². The maximum Gasteiger partial charge on any atom is 0.0261 e. The molecule has 4 nitrogen and oxygen atoms in total. The van der Waals surface area contributed by atoms with Crippen molar-refractivity contribution in [3.05, 3.63) is 48.6 Å². The lowest BCUT2D eigenvalue weighted by Gasteiger charge is -2.46. The second kappa shape index (κ2) is 33.6. The standard InChI is InChI=1S/C46H86N4/c1-4-6-8-10-12-14-16-18-20-22-24-26-28-30-32-34-36-46(48-40-44-50(45-41-48)49-42-38-47(3)39-43-49)37-35-33-31-29-27-25-23-21-19-17-15-13-11-9-7-5-2/h12-15,18-21,46H,4-11,16-17,22-45H2,1-3H3/b14-12-,15-13-,20-18-,21-19-. The van der Waals surface area contributed by atoms with Crippen molar-refractivity contribution in [2.24, 2.45) is 0 Å². The molecule has 0 spiro atoms. The number of allylic oxidation sites excluding steroid dienone is 8. The van der Waals surface area contributed by atoms with Gasteiger partial charge in [-0.1, -0.05) is 152 Å². The predicted octanol–water partition coefficient (Wildman–Crippen LogP) is 12.5. The lowest BCUT2D eigenvalue weighted by molar-refractivity contribution is -0.0847. The minimum absolute atomic E-state index is 0.807. The van der Waals surface area contributed by atoms with Gasteiger partial charge in [0.05, 0.1) is 0 Å². The summed E-state index contributed by atoms with van der Waals surface area (Å²) in [6.45, 7) is 14.4. The van der Waals surface area contributed by atoms with Crippen molar-refractivity contribution in [2.45, 2.75) is 187 Å². The van der Waals surface area contributed by atoms with Crippen LogP contribution in [0.25, 0.3) is 0 Å². The average Bonchev–Trinajstić information content (AvgIpc) is 3.14. The minimum atomic E-state index is 0.807. The number of rotatable bonds is 32. The first kappa shape index (κ1) is 45.0. The number of likely N-dealkylation sites (N-methyl/N-ethyl adjacent to an activating group) is 1. The Kier molecular flexibility index (Phi) is 30.2. The Hall–Kier alpha value is -1.20. The van der Waals surface area contributed by atoms with E-state index in [0.29, 0.717) is 0 Å². The molecular formula is C46H86N4. The van der Waals surface area contributed by atoms with E-state index in [1.54, 1.807) is 0 Å². The molecule has 0 saturated carbocycles. The molecule has 290 valence electrons. The molecule has 2 rings (SSSR count). The van der Waals surface area contributed by atoms with Gasteiger partial charge in [-0.05, 0) is 84.1 Å². The molecule has 2 saturated heterocycles. The first-order valence-corrected chi connectivity index (χ1v) is 22.3. The summed E-state index contributed by atoms with van der Waals surface area (Å²) in [5.74, 6) is 0. The van der Waals surface area contributed by atoms with E-state index in [2.05, 4.69) is 89.3 Å². The zero-order valence-electron chi connectivity index (χ0n) is 34.0. The summed E-state index contributed by atoms with van der Waals surface area (Å²) in [6.07, 6.45) is 54.2. The van der Waals surface area contributed by atoms with E-state index in [0.717, 1.165) is 18.9 Å². The molecule has 0 aromatic carbocycles. The largest absolute Gasteiger partial charge is 0.304 e. The molecule has 0 N–H and O–H groups in total. The fourth-order valence-corrected chi connectivity index (χ4v) is 7.68. The Bertz CT molecular complexity index is 783. The molecule has 2 aliphatic rings. The summed E-state index contributed by atoms with van der Waals surface area (Å²) in [6, 6.07) is 0.807. The van der Waals surface area contributed by atoms with Gasteiger partial charge in [-0.15, -0.1) is 0 Å². The molecule has 0 aromatic heterocycles. The van der Waals surface area contributed by atoms with Gasteiger partial charge in [-0.3, -0.25) is 4.90 Å². The highest BCUT2D eigenvalue weighted by Gasteiger charge is 2.27. The molecule has 4 heteroatoms. The van der Waals surface area contributed by atoms with Crippen LogP contribution in [0.4, 0.5) is 0 Å². The van der Waals surface area contributed by atoms with Gasteiger partial charge in [-0.2, -0.15) is 0 Å². The van der Waals surface area contributed by atoms with E-state index >= 15 is 0 Å². The number of hydrazine groups is 1. The van der Waals surface area contributed by atoms with Gasteiger partial charge in [0.1, 0.15) is 0 Å². The van der Waals surface area contributed by atoms with Crippen LogP contribution in [0.3, 0.4) is 0 Å². The Morgan fingerprint density at radius 2 is 0.720 bits per heavy atom. The first-order valence-electron chi connectivity index (χ1n) is 22.3. The number of unbranched alkanes of at least 4 members (excludes halogenated alkanes) is 18. The van der Waals surface area contributed by atoms with Crippen LogP contribution < -0.4 is 0 Å². The van der Waals surface area contributed by atoms with Crippen molar-refractivity contribution in [3.63, 3.8) is 0 Å². The second-order valence-corrected chi connectivity index (χ2v) is 15.6. The highest BCUT2D eigenvalue weighted by molar-refractivity contribution is 4.93. The summed E-state index contributed by atoms with van der Waals surface area (Å²) in [4.78, 5) is 5.37. The quantitative estimate of drug-likeness (QED) is 0.0513. The summed E-state index contributed by atoms with van der Waals surface area (Å²) in [5, 5.41) is 5.33. The monoisotopic (exact) mass is 695 g/mol. The number of hydrogen-bond acceptors (Lipinski definition) is 4. The molecule has 0 radical (unpaired) electrons. The molecule has 0 amide bonds. The van der Waals surface area contributed by atoms with Crippen molar-refractivity contribution in [3.8, 4) is 0 Å². The fourth-order valence-electron chi connectivity index (χ4n) is 7.68. The third kappa shape index (κ3) is 24.9. The molecule has 2 fully saturated rings. The minimum Gasteiger partial charge on any atom is -0.304 e. The van der Waals surface area contributed by atoms with Gasteiger partial charge in [0.25, 0.3) is 0 Å². The zero-order valence-corrected chi connectivity index (χ0v) is 34.0. The second-order valence-electron chi connectivity index (χ2n) is 15.6. The van der Waals surface area contributed by atoms with Crippen LogP contribution in [-0.2, 0) is 0 Å². The normalized spacial score (nSPS) is 17.7. The van der Waals surface area contributed by atoms with Crippen LogP contribution in [-0.4, -0.2) is 85.3 Å².